The van der Waals surface area contributed by atoms with Gasteiger partial charge in [-0.1, -0.05) is 30.3 Å². The molecule has 0 bridgehead atoms. The van der Waals surface area contributed by atoms with Crippen LogP contribution in [-0.4, -0.2) is 29.4 Å². The standard InChI is InChI=1S/C13H21NO2/c1-3-14(16,4-2)11-10-13(15)12-8-6-5-7-9-12/h5-9,13,15H,3-4,10-11H2,1-2H3. The average molecular weight is 223 g/mol. The molecule has 0 radical (unpaired) electrons. The van der Waals surface area contributed by atoms with Crippen molar-refractivity contribution in [3.63, 3.8) is 0 Å². The lowest BCUT2D eigenvalue weighted by Gasteiger charge is -2.41. The Bertz CT molecular complexity index is 296. The van der Waals surface area contributed by atoms with Gasteiger partial charge in [0.15, 0.2) is 0 Å². The van der Waals surface area contributed by atoms with E-state index in [1.807, 2.05) is 44.2 Å². The van der Waals surface area contributed by atoms with Gasteiger partial charge in [-0.05, 0) is 19.4 Å². The lowest BCUT2D eigenvalue weighted by molar-refractivity contribution is -0.877. The highest BCUT2D eigenvalue weighted by Crippen LogP contribution is 2.18. The van der Waals surface area contributed by atoms with E-state index < -0.39 is 6.10 Å². The average Bonchev–Trinajstić information content (AvgIpc) is 2.36. The molecular formula is C13H21NO2. The molecule has 0 heterocycles. The van der Waals surface area contributed by atoms with Gasteiger partial charge in [0.1, 0.15) is 0 Å². The molecule has 0 aliphatic carbocycles. The molecular weight excluding hydrogens is 202 g/mol. The van der Waals surface area contributed by atoms with Crippen LogP contribution in [0.3, 0.4) is 0 Å². The molecule has 0 saturated carbocycles. The van der Waals surface area contributed by atoms with Gasteiger partial charge < -0.3 is 15.0 Å². The molecule has 1 rings (SSSR count). The Morgan fingerprint density at radius 2 is 1.75 bits per heavy atom. The van der Waals surface area contributed by atoms with Gasteiger partial charge in [0, 0.05) is 6.42 Å². The predicted molar refractivity (Wildman–Crippen MR) is 65.6 cm³/mol. The van der Waals surface area contributed by atoms with Crippen LogP contribution in [-0.2, 0) is 0 Å². The summed E-state index contributed by atoms with van der Waals surface area (Å²) in [7, 11) is 0. The Hall–Kier alpha value is -0.900. The molecule has 3 nitrogen and oxygen atoms in total. The fraction of sp³-hybridized carbons (Fsp3) is 0.538. The zero-order chi connectivity index (χ0) is 12.0. The van der Waals surface area contributed by atoms with Crippen LogP contribution in [0.15, 0.2) is 30.3 Å². The quantitative estimate of drug-likeness (QED) is 0.594. The fourth-order valence-electron chi connectivity index (χ4n) is 1.74. The first kappa shape index (κ1) is 13.2. The van der Waals surface area contributed by atoms with Gasteiger partial charge in [0.25, 0.3) is 0 Å². The lowest BCUT2D eigenvalue weighted by atomic mass is 10.1. The SMILES string of the molecule is CC[N+]([O-])(CC)CCC(O)c1ccccc1. The molecule has 1 atom stereocenters. The smallest absolute Gasteiger partial charge is 0.0843 e. The minimum atomic E-state index is -0.522. The van der Waals surface area contributed by atoms with Gasteiger partial charge in [0.2, 0.25) is 0 Å². The van der Waals surface area contributed by atoms with Gasteiger partial charge >= 0.3 is 0 Å². The van der Waals surface area contributed by atoms with Crippen molar-refractivity contribution in [3.05, 3.63) is 41.1 Å². The Morgan fingerprint density at radius 1 is 1.19 bits per heavy atom. The van der Waals surface area contributed by atoms with Crippen molar-refractivity contribution in [2.45, 2.75) is 26.4 Å². The van der Waals surface area contributed by atoms with Crippen LogP contribution in [0.5, 0.6) is 0 Å². The van der Waals surface area contributed by atoms with Crippen molar-refractivity contribution in [2.75, 3.05) is 19.6 Å². The molecule has 0 aromatic heterocycles. The van der Waals surface area contributed by atoms with E-state index in [1.54, 1.807) is 0 Å². The van der Waals surface area contributed by atoms with Crippen molar-refractivity contribution >= 4 is 0 Å². The minimum Gasteiger partial charge on any atom is -0.633 e. The number of hydroxylamine groups is 3. The van der Waals surface area contributed by atoms with E-state index in [4.69, 9.17) is 0 Å². The highest BCUT2D eigenvalue weighted by atomic mass is 16.5. The number of quaternary nitrogens is 1. The Labute approximate surface area is 97.5 Å². The molecule has 0 fully saturated rings. The summed E-state index contributed by atoms with van der Waals surface area (Å²) >= 11 is 0. The molecule has 0 aliphatic rings. The second-order valence-corrected chi connectivity index (χ2v) is 4.13. The number of benzene rings is 1. The zero-order valence-corrected chi connectivity index (χ0v) is 10.1. The Kier molecular flexibility index (Phi) is 4.93. The van der Waals surface area contributed by atoms with E-state index in [0.29, 0.717) is 26.1 Å². The van der Waals surface area contributed by atoms with Gasteiger partial charge in [-0.25, -0.2) is 0 Å². The summed E-state index contributed by atoms with van der Waals surface area (Å²) in [5, 5.41) is 21.9. The van der Waals surface area contributed by atoms with Crippen molar-refractivity contribution < 1.29 is 9.75 Å². The van der Waals surface area contributed by atoms with E-state index in [1.165, 1.54) is 0 Å². The van der Waals surface area contributed by atoms with Crippen molar-refractivity contribution in [2.24, 2.45) is 0 Å². The number of nitrogens with zero attached hydrogens (tertiary/aromatic N) is 1. The molecule has 16 heavy (non-hydrogen) atoms. The van der Waals surface area contributed by atoms with Crippen molar-refractivity contribution in [1.82, 2.24) is 0 Å². The van der Waals surface area contributed by atoms with Crippen LogP contribution in [0, 0.1) is 5.21 Å². The maximum Gasteiger partial charge on any atom is 0.0843 e. The van der Waals surface area contributed by atoms with E-state index in [0.717, 1.165) is 5.56 Å². The van der Waals surface area contributed by atoms with Crippen molar-refractivity contribution in [1.29, 1.82) is 0 Å². The molecule has 3 heteroatoms. The fourth-order valence-corrected chi connectivity index (χ4v) is 1.74. The molecule has 0 amide bonds. The van der Waals surface area contributed by atoms with Gasteiger partial charge in [-0.2, -0.15) is 0 Å². The molecule has 0 spiro atoms. The van der Waals surface area contributed by atoms with E-state index >= 15 is 0 Å². The third-order valence-corrected chi connectivity index (χ3v) is 3.15. The Morgan fingerprint density at radius 3 is 2.25 bits per heavy atom. The lowest BCUT2D eigenvalue weighted by Crippen LogP contribution is -2.42. The number of aliphatic hydroxyl groups is 1. The highest BCUT2D eigenvalue weighted by Gasteiger charge is 2.15. The van der Waals surface area contributed by atoms with E-state index in [9.17, 15) is 10.3 Å². The first-order valence-electron chi connectivity index (χ1n) is 5.91. The van der Waals surface area contributed by atoms with Crippen LogP contribution in [0.2, 0.25) is 0 Å². The van der Waals surface area contributed by atoms with Crippen LogP contribution in [0.4, 0.5) is 0 Å². The molecule has 0 aliphatic heterocycles. The molecule has 1 N–H and O–H groups in total. The maximum atomic E-state index is 12.0. The molecule has 1 aromatic rings. The van der Waals surface area contributed by atoms with E-state index in [-0.39, 0.29) is 4.65 Å². The monoisotopic (exact) mass is 223 g/mol. The highest BCUT2D eigenvalue weighted by molar-refractivity contribution is 5.16. The number of aliphatic hydroxyl groups excluding tert-OH is 1. The second-order valence-electron chi connectivity index (χ2n) is 4.13. The minimum absolute atomic E-state index is 0.218. The summed E-state index contributed by atoms with van der Waals surface area (Å²) in [6, 6.07) is 9.50. The summed E-state index contributed by atoms with van der Waals surface area (Å²) in [6.45, 7) is 5.40. The second kappa shape index (κ2) is 5.99. The first-order chi connectivity index (χ1) is 7.61. The summed E-state index contributed by atoms with van der Waals surface area (Å²) in [5.41, 5.74) is 0.890. The van der Waals surface area contributed by atoms with Crippen LogP contribution < -0.4 is 0 Å². The number of hydrogen-bond donors (Lipinski definition) is 1. The first-order valence-corrected chi connectivity index (χ1v) is 5.91. The van der Waals surface area contributed by atoms with Crippen LogP contribution >= 0.6 is 0 Å². The third kappa shape index (κ3) is 3.59. The maximum absolute atomic E-state index is 12.0. The summed E-state index contributed by atoms with van der Waals surface area (Å²) in [4.78, 5) is 0. The van der Waals surface area contributed by atoms with Crippen LogP contribution in [0.25, 0.3) is 0 Å². The van der Waals surface area contributed by atoms with Gasteiger partial charge in [-0.3, -0.25) is 0 Å². The molecule has 0 saturated heterocycles. The van der Waals surface area contributed by atoms with Crippen molar-refractivity contribution in [3.8, 4) is 0 Å². The summed E-state index contributed by atoms with van der Waals surface area (Å²) < 4.78 is -0.218. The molecule has 1 unspecified atom stereocenters. The third-order valence-electron chi connectivity index (χ3n) is 3.15. The van der Waals surface area contributed by atoms with E-state index in [2.05, 4.69) is 0 Å². The zero-order valence-electron chi connectivity index (χ0n) is 10.1. The topological polar surface area (TPSA) is 43.3 Å². The normalized spacial score (nSPS) is 13.8. The Balaban J connectivity index is 2.50. The number of rotatable bonds is 6. The van der Waals surface area contributed by atoms with Gasteiger partial charge in [0.05, 0.1) is 25.7 Å². The predicted octanol–water partition coefficient (Wildman–Crippen LogP) is 2.46. The summed E-state index contributed by atoms with van der Waals surface area (Å²) in [6.07, 6.45) is 0.000556. The number of hydrogen-bond acceptors (Lipinski definition) is 2. The van der Waals surface area contributed by atoms with Gasteiger partial charge in [-0.15, -0.1) is 0 Å². The molecule has 90 valence electrons. The molecule has 1 aromatic carbocycles. The summed E-state index contributed by atoms with van der Waals surface area (Å²) in [5.74, 6) is 0. The van der Waals surface area contributed by atoms with Crippen LogP contribution in [0.1, 0.15) is 31.9 Å². The largest absolute Gasteiger partial charge is 0.633 e.